The molecule has 0 aromatic rings. The van der Waals surface area contributed by atoms with E-state index in [0.29, 0.717) is 4.90 Å². The molecule has 5 nitrogen and oxygen atoms in total. The molecule has 0 fully saturated rings. The third-order valence-corrected chi connectivity index (χ3v) is 2.30. The lowest BCUT2D eigenvalue weighted by atomic mass is 9.94. The maximum atomic E-state index is 12.1. The van der Waals surface area contributed by atoms with Crippen LogP contribution in [0.2, 0.25) is 0 Å². The Kier molecular flexibility index (Phi) is 5.44. The Morgan fingerprint density at radius 2 is 1.78 bits per heavy atom. The first-order chi connectivity index (χ1) is 7.99. The maximum absolute atomic E-state index is 12.1. The van der Waals surface area contributed by atoms with Gasteiger partial charge in [-0.1, -0.05) is 0 Å². The van der Waals surface area contributed by atoms with E-state index in [2.05, 4.69) is 5.32 Å². The summed E-state index contributed by atoms with van der Waals surface area (Å²) >= 11 is 0. The lowest BCUT2D eigenvalue weighted by molar-refractivity contribution is -0.147. The lowest BCUT2D eigenvalue weighted by Crippen LogP contribution is -2.48. The van der Waals surface area contributed by atoms with Crippen molar-refractivity contribution in [2.45, 2.75) is 26.9 Å². The summed E-state index contributed by atoms with van der Waals surface area (Å²) in [6, 6.07) is -0.927. The Bertz CT molecular complexity index is 316. The SMILES string of the molecule is CCN(CC(F)(F)F)C(=O)NCC(C)(C)C(=O)O. The Morgan fingerprint density at radius 3 is 2.11 bits per heavy atom. The van der Waals surface area contributed by atoms with Crippen molar-refractivity contribution in [1.29, 1.82) is 0 Å². The summed E-state index contributed by atoms with van der Waals surface area (Å²) in [5, 5.41) is 11.0. The average Bonchev–Trinajstić information content (AvgIpc) is 2.21. The molecule has 0 radical (unpaired) electrons. The number of carbonyl (C=O) groups is 2. The van der Waals surface area contributed by atoms with Gasteiger partial charge in [-0.15, -0.1) is 0 Å². The predicted molar refractivity (Wildman–Crippen MR) is 58.1 cm³/mol. The van der Waals surface area contributed by atoms with Crippen molar-refractivity contribution < 1.29 is 27.9 Å². The van der Waals surface area contributed by atoms with E-state index >= 15 is 0 Å². The number of hydrogen-bond donors (Lipinski definition) is 2. The second-order valence-corrected chi connectivity index (χ2v) is 4.48. The van der Waals surface area contributed by atoms with Crippen LogP contribution in [-0.2, 0) is 4.79 Å². The Labute approximate surface area is 103 Å². The molecule has 0 aromatic carbocycles. The van der Waals surface area contributed by atoms with Crippen molar-refractivity contribution in [3.8, 4) is 0 Å². The molecular formula is C10H17F3N2O3. The Hall–Kier alpha value is -1.47. The highest BCUT2D eigenvalue weighted by Crippen LogP contribution is 2.17. The summed E-state index contributed by atoms with van der Waals surface area (Å²) in [6.45, 7) is 2.44. The molecule has 0 rings (SSSR count). The molecule has 0 spiro atoms. The van der Waals surface area contributed by atoms with Crippen LogP contribution in [0.15, 0.2) is 0 Å². The standard InChI is InChI=1S/C10H17F3N2O3/c1-4-15(6-10(11,12)13)8(18)14-5-9(2,3)7(16)17/h4-6H2,1-3H3,(H,14,18)(H,16,17). The van der Waals surface area contributed by atoms with Gasteiger partial charge < -0.3 is 15.3 Å². The minimum atomic E-state index is -4.48. The van der Waals surface area contributed by atoms with Crippen LogP contribution in [0.3, 0.4) is 0 Å². The first kappa shape index (κ1) is 16.5. The van der Waals surface area contributed by atoms with Crippen LogP contribution in [0.1, 0.15) is 20.8 Å². The van der Waals surface area contributed by atoms with E-state index in [1.54, 1.807) is 0 Å². The number of amides is 2. The molecular weight excluding hydrogens is 253 g/mol. The summed E-state index contributed by atoms with van der Waals surface area (Å²) < 4.78 is 36.4. The summed E-state index contributed by atoms with van der Waals surface area (Å²) in [5.74, 6) is -1.14. The highest BCUT2D eigenvalue weighted by atomic mass is 19.4. The molecule has 0 bridgehead atoms. The molecule has 2 N–H and O–H groups in total. The van der Waals surface area contributed by atoms with Gasteiger partial charge in [0.25, 0.3) is 0 Å². The molecule has 0 heterocycles. The normalized spacial score (nSPS) is 12.1. The van der Waals surface area contributed by atoms with Crippen LogP contribution in [0.25, 0.3) is 0 Å². The molecule has 0 atom stereocenters. The second-order valence-electron chi connectivity index (χ2n) is 4.48. The van der Waals surface area contributed by atoms with Gasteiger partial charge in [-0.25, -0.2) is 4.79 Å². The van der Waals surface area contributed by atoms with Gasteiger partial charge in [-0.3, -0.25) is 4.79 Å². The number of rotatable bonds is 5. The summed E-state index contributed by atoms with van der Waals surface area (Å²) in [7, 11) is 0. The molecule has 0 unspecified atom stereocenters. The minimum absolute atomic E-state index is 0.112. The van der Waals surface area contributed by atoms with Crippen LogP contribution in [0.4, 0.5) is 18.0 Å². The highest BCUT2D eigenvalue weighted by Gasteiger charge is 2.33. The van der Waals surface area contributed by atoms with Crippen molar-refractivity contribution in [2.24, 2.45) is 5.41 Å². The number of carboxylic acid groups (broad SMARTS) is 1. The number of urea groups is 1. The van der Waals surface area contributed by atoms with Crippen molar-refractivity contribution in [3.63, 3.8) is 0 Å². The molecule has 0 aliphatic rings. The monoisotopic (exact) mass is 270 g/mol. The first-order valence-electron chi connectivity index (χ1n) is 5.32. The lowest BCUT2D eigenvalue weighted by Gasteiger charge is -2.25. The Balaban J connectivity index is 4.43. The maximum Gasteiger partial charge on any atom is 0.406 e. The second kappa shape index (κ2) is 5.92. The smallest absolute Gasteiger partial charge is 0.406 e. The van der Waals surface area contributed by atoms with Gasteiger partial charge >= 0.3 is 18.2 Å². The fraction of sp³-hybridized carbons (Fsp3) is 0.800. The number of aliphatic carboxylic acids is 1. The molecule has 0 saturated carbocycles. The number of nitrogens with zero attached hydrogens (tertiary/aromatic N) is 1. The van der Waals surface area contributed by atoms with Gasteiger partial charge in [-0.05, 0) is 20.8 Å². The minimum Gasteiger partial charge on any atom is -0.481 e. The molecule has 0 saturated heterocycles. The first-order valence-corrected chi connectivity index (χ1v) is 5.32. The van der Waals surface area contributed by atoms with E-state index in [0.717, 1.165) is 0 Å². The highest BCUT2D eigenvalue weighted by molar-refractivity contribution is 5.77. The van der Waals surface area contributed by atoms with Gasteiger partial charge in [0.2, 0.25) is 0 Å². The van der Waals surface area contributed by atoms with Crippen LogP contribution in [0, 0.1) is 5.41 Å². The van der Waals surface area contributed by atoms with Gasteiger partial charge in [0.15, 0.2) is 0 Å². The van der Waals surface area contributed by atoms with Crippen LogP contribution in [-0.4, -0.2) is 47.8 Å². The largest absolute Gasteiger partial charge is 0.481 e. The summed E-state index contributed by atoms with van der Waals surface area (Å²) in [4.78, 5) is 22.8. The van der Waals surface area contributed by atoms with Gasteiger partial charge in [0.1, 0.15) is 6.54 Å². The van der Waals surface area contributed by atoms with E-state index in [1.807, 2.05) is 0 Å². The van der Waals surface area contributed by atoms with Crippen molar-refractivity contribution in [3.05, 3.63) is 0 Å². The molecule has 2 amide bonds. The molecule has 0 aliphatic heterocycles. The van der Waals surface area contributed by atoms with Crippen molar-refractivity contribution in [1.82, 2.24) is 10.2 Å². The summed E-state index contributed by atoms with van der Waals surface area (Å²) in [5.41, 5.74) is -1.23. The summed E-state index contributed by atoms with van der Waals surface area (Å²) in [6.07, 6.45) is -4.48. The number of halogens is 3. The number of alkyl halides is 3. The zero-order chi connectivity index (χ0) is 14.6. The zero-order valence-electron chi connectivity index (χ0n) is 10.5. The molecule has 8 heteroatoms. The average molecular weight is 270 g/mol. The molecule has 0 aliphatic carbocycles. The number of carbonyl (C=O) groups excluding carboxylic acids is 1. The van der Waals surface area contributed by atoms with Gasteiger partial charge in [-0.2, -0.15) is 13.2 Å². The van der Waals surface area contributed by atoms with Crippen molar-refractivity contribution in [2.75, 3.05) is 19.6 Å². The third kappa shape index (κ3) is 5.74. The van der Waals surface area contributed by atoms with Crippen LogP contribution in [0.5, 0.6) is 0 Å². The van der Waals surface area contributed by atoms with Crippen LogP contribution >= 0.6 is 0 Å². The predicted octanol–water partition coefficient (Wildman–Crippen LogP) is 1.69. The molecule has 0 aromatic heterocycles. The van der Waals surface area contributed by atoms with Crippen LogP contribution < -0.4 is 5.32 Å². The topological polar surface area (TPSA) is 69.6 Å². The molecule has 18 heavy (non-hydrogen) atoms. The number of hydrogen-bond acceptors (Lipinski definition) is 2. The quantitative estimate of drug-likeness (QED) is 0.798. The van der Waals surface area contributed by atoms with E-state index in [1.165, 1.54) is 20.8 Å². The number of nitrogens with one attached hydrogen (secondary N) is 1. The fourth-order valence-electron chi connectivity index (χ4n) is 1.03. The van der Waals surface area contributed by atoms with Crippen molar-refractivity contribution >= 4 is 12.0 Å². The van der Waals surface area contributed by atoms with E-state index in [-0.39, 0.29) is 13.1 Å². The van der Waals surface area contributed by atoms with Gasteiger partial charge in [0, 0.05) is 13.1 Å². The van der Waals surface area contributed by atoms with E-state index < -0.39 is 30.1 Å². The Morgan fingerprint density at radius 1 is 1.28 bits per heavy atom. The van der Waals surface area contributed by atoms with Gasteiger partial charge in [0.05, 0.1) is 5.41 Å². The third-order valence-electron chi connectivity index (χ3n) is 2.30. The number of carboxylic acids is 1. The van der Waals surface area contributed by atoms with E-state index in [9.17, 15) is 22.8 Å². The fourth-order valence-corrected chi connectivity index (χ4v) is 1.03. The molecule has 106 valence electrons. The van der Waals surface area contributed by atoms with E-state index in [4.69, 9.17) is 5.11 Å². The zero-order valence-corrected chi connectivity index (χ0v) is 10.5.